The summed E-state index contributed by atoms with van der Waals surface area (Å²) in [6.07, 6.45) is 2.35. The van der Waals surface area contributed by atoms with Crippen molar-refractivity contribution in [3.05, 3.63) is 28.2 Å². The molecule has 0 N–H and O–H groups in total. The van der Waals surface area contributed by atoms with Crippen LogP contribution in [-0.2, 0) is 10.6 Å². The van der Waals surface area contributed by atoms with Crippen LogP contribution in [0.3, 0.4) is 0 Å². The monoisotopic (exact) mass is 332 g/mol. The van der Waals surface area contributed by atoms with E-state index in [9.17, 15) is 0 Å². The van der Waals surface area contributed by atoms with Gasteiger partial charge in [-0.1, -0.05) is 15.9 Å². The van der Waals surface area contributed by atoms with E-state index in [0.29, 0.717) is 12.5 Å². The lowest BCUT2D eigenvalue weighted by molar-refractivity contribution is -0.0326. The molecule has 18 heavy (non-hydrogen) atoms. The molecule has 1 atom stereocenters. The summed E-state index contributed by atoms with van der Waals surface area (Å²) in [5.74, 6) is 1.33. The first-order chi connectivity index (χ1) is 8.50. The zero-order valence-electron chi connectivity index (χ0n) is 10.7. The molecule has 4 heteroatoms. The van der Waals surface area contributed by atoms with Crippen molar-refractivity contribution in [1.82, 2.24) is 0 Å². The first-order valence-corrected chi connectivity index (χ1v) is 7.48. The summed E-state index contributed by atoms with van der Waals surface area (Å²) in [6, 6.07) is 5.88. The Labute approximate surface area is 122 Å². The molecule has 0 amide bonds. The fourth-order valence-electron chi connectivity index (χ4n) is 2.13. The molecule has 0 radical (unpaired) electrons. The summed E-state index contributed by atoms with van der Waals surface area (Å²) in [5, 5.41) is 0. The molecule has 0 spiro atoms. The molecule has 0 aliphatic carbocycles. The zero-order chi connectivity index (χ0) is 13.2. The van der Waals surface area contributed by atoms with Crippen molar-refractivity contribution >= 4 is 27.5 Å². The number of benzene rings is 1. The molecule has 0 bridgehead atoms. The van der Waals surface area contributed by atoms with Gasteiger partial charge in [-0.2, -0.15) is 0 Å². The first-order valence-electron chi connectivity index (χ1n) is 6.15. The van der Waals surface area contributed by atoms with Gasteiger partial charge < -0.3 is 9.47 Å². The number of alkyl halides is 1. The topological polar surface area (TPSA) is 18.5 Å². The standard InChI is InChI=1S/C14H18BrClO2/c1-14(2)6-5-12(18-14)9-17-11-3-4-13(15)10(7-11)8-16/h3-4,7,12H,5-6,8-9H2,1-2H3. The van der Waals surface area contributed by atoms with E-state index in [-0.39, 0.29) is 11.7 Å². The lowest BCUT2D eigenvalue weighted by atomic mass is 10.1. The van der Waals surface area contributed by atoms with Gasteiger partial charge in [0.15, 0.2) is 0 Å². The molecule has 0 saturated carbocycles. The fraction of sp³-hybridized carbons (Fsp3) is 0.571. The Morgan fingerprint density at radius 2 is 2.28 bits per heavy atom. The van der Waals surface area contributed by atoms with Gasteiger partial charge in [-0.05, 0) is 50.5 Å². The average molecular weight is 334 g/mol. The molecule has 1 aliphatic heterocycles. The predicted molar refractivity (Wildman–Crippen MR) is 77.4 cm³/mol. The van der Waals surface area contributed by atoms with Gasteiger partial charge in [0.1, 0.15) is 12.4 Å². The van der Waals surface area contributed by atoms with Gasteiger partial charge in [0.25, 0.3) is 0 Å². The van der Waals surface area contributed by atoms with Gasteiger partial charge in [0.2, 0.25) is 0 Å². The van der Waals surface area contributed by atoms with Crippen LogP contribution in [0.15, 0.2) is 22.7 Å². The normalized spacial score (nSPS) is 22.1. The van der Waals surface area contributed by atoms with Crippen molar-refractivity contribution in [3.8, 4) is 5.75 Å². The summed E-state index contributed by atoms with van der Waals surface area (Å²) in [5.41, 5.74) is 1.04. The zero-order valence-corrected chi connectivity index (χ0v) is 13.1. The van der Waals surface area contributed by atoms with E-state index in [1.54, 1.807) is 0 Å². The third-order valence-corrected chi connectivity index (χ3v) is 4.21. The van der Waals surface area contributed by atoms with Crippen LogP contribution in [0.25, 0.3) is 0 Å². The molecular formula is C14H18BrClO2. The van der Waals surface area contributed by atoms with E-state index >= 15 is 0 Å². The van der Waals surface area contributed by atoms with Gasteiger partial charge in [-0.15, -0.1) is 11.6 Å². The minimum atomic E-state index is -0.00492. The van der Waals surface area contributed by atoms with Crippen LogP contribution < -0.4 is 4.74 Å². The quantitative estimate of drug-likeness (QED) is 0.754. The molecule has 1 aliphatic rings. The predicted octanol–water partition coefficient (Wildman–Crippen LogP) is 4.52. The average Bonchev–Trinajstić information content (AvgIpc) is 2.68. The third kappa shape index (κ3) is 3.62. The highest BCUT2D eigenvalue weighted by molar-refractivity contribution is 9.10. The van der Waals surface area contributed by atoms with Crippen LogP contribution in [0.2, 0.25) is 0 Å². The van der Waals surface area contributed by atoms with Gasteiger partial charge in [-0.25, -0.2) is 0 Å². The molecule has 1 fully saturated rings. The van der Waals surface area contributed by atoms with Crippen LogP contribution in [-0.4, -0.2) is 18.3 Å². The van der Waals surface area contributed by atoms with E-state index in [1.807, 2.05) is 18.2 Å². The number of halogens is 2. The second-order valence-electron chi connectivity index (χ2n) is 5.24. The van der Waals surface area contributed by atoms with Gasteiger partial charge in [-0.3, -0.25) is 0 Å². The molecule has 2 nitrogen and oxygen atoms in total. The number of rotatable bonds is 4. The molecule has 1 unspecified atom stereocenters. The van der Waals surface area contributed by atoms with Crippen molar-refractivity contribution in [2.24, 2.45) is 0 Å². The number of hydrogen-bond donors (Lipinski definition) is 0. The van der Waals surface area contributed by atoms with Crippen molar-refractivity contribution in [1.29, 1.82) is 0 Å². The van der Waals surface area contributed by atoms with Crippen molar-refractivity contribution in [2.45, 2.75) is 44.3 Å². The van der Waals surface area contributed by atoms with Crippen molar-refractivity contribution in [2.75, 3.05) is 6.61 Å². The third-order valence-electron chi connectivity index (χ3n) is 3.15. The van der Waals surface area contributed by atoms with Crippen LogP contribution in [0, 0.1) is 0 Å². The van der Waals surface area contributed by atoms with Crippen LogP contribution in [0.5, 0.6) is 5.75 Å². The summed E-state index contributed by atoms with van der Waals surface area (Å²) in [4.78, 5) is 0. The molecule has 2 rings (SSSR count). The number of hydrogen-bond acceptors (Lipinski definition) is 2. The maximum absolute atomic E-state index is 5.89. The number of ether oxygens (including phenoxy) is 2. The molecule has 0 aromatic heterocycles. The minimum absolute atomic E-state index is 0.00492. The summed E-state index contributed by atoms with van der Waals surface area (Å²) in [6.45, 7) is 4.85. The SMILES string of the molecule is CC1(C)CCC(COc2ccc(Br)c(CCl)c2)O1. The van der Waals surface area contributed by atoms with Crippen LogP contribution >= 0.6 is 27.5 Å². The molecule has 1 aromatic rings. The molecule has 1 saturated heterocycles. The summed E-state index contributed by atoms with van der Waals surface area (Å²) >= 11 is 9.32. The molecular weight excluding hydrogens is 316 g/mol. The first kappa shape index (κ1) is 14.2. The highest BCUT2D eigenvalue weighted by Crippen LogP contribution is 2.30. The Morgan fingerprint density at radius 3 is 2.89 bits per heavy atom. The maximum Gasteiger partial charge on any atom is 0.119 e. The van der Waals surface area contributed by atoms with Crippen LogP contribution in [0.1, 0.15) is 32.3 Å². The van der Waals surface area contributed by atoms with E-state index < -0.39 is 0 Å². The Balaban J connectivity index is 1.91. The summed E-state index contributed by atoms with van der Waals surface area (Å²) < 4.78 is 12.7. The fourth-order valence-corrected chi connectivity index (χ4v) is 2.90. The highest BCUT2D eigenvalue weighted by Gasteiger charge is 2.31. The van der Waals surface area contributed by atoms with E-state index in [1.165, 1.54) is 0 Å². The molecule has 1 heterocycles. The summed E-state index contributed by atoms with van der Waals surface area (Å²) in [7, 11) is 0. The highest BCUT2D eigenvalue weighted by atomic mass is 79.9. The van der Waals surface area contributed by atoms with E-state index in [2.05, 4.69) is 29.8 Å². The van der Waals surface area contributed by atoms with Crippen molar-refractivity contribution in [3.63, 3.8) is 0 Å². The smallest absolute Gasteiger partial charge is 0.119 e. The molecule has 1 aromatic carbocycles. The van der Waals surface area contributed by atoms with Crippen molar-refractivity contribution < 1.29 is 9.47 Å². The van der Waals surface area contributed by atoms with Gasteiger partial charge >= 0.3 is 0 Å². The largest absolute Gasteiger partial charge is 0.491 e. The lowest BCUT2D eigenvalue weighted by Gasteiger charge is -2.19. The Bertz CT molecular complexity index is 420. The van der Waals surface area contributed by atoms with Gasteiger partial charge in [0.05, 0.1) is 11.7 Å². The lowest BCUT2D eigenvalue weighted by Crippen LogP contribution is -2.23. The second-order valence-corrected chi connectivity index (χ2v) is 6.36. The molecule has 100 valence electrons. The second kappa shape index (κ2) is 5.81. The van der Waals surface area contributed by atoms with E-state index in [0.717, 1.165) is 28.6 Å². The minimum Gasteiger partial charge on any atom is -0.491 e. The Kier molecular flexibility index (Phi) is 4.57. The maximum atomic E-state index is 5.89. The van der Waals surface area contributed by atoms with Gasteiger partial charge in [0, 0.05) is 10.4 Å². The van der Waals surface area contributed by atoms with E-state index in [4.69, 9.17) is 21.1 Å². The Morgan fingerprint density at radius 1 is 1.50 bits per heavy atom. The Hall–Kier alpha value is -0.250. The van der Waals surface area contributed by atoms with Crippen LogP contribution in [0.4, 0.5) is 0 Å².